The molecule has 1 aliphatic rings. The van der Waals surface area contributed by atoms with Crippen molar-refractivity contribution in [3.05, 3.63) is 23.9 Å². The summed E-state index contributed by atoms with van der Waals surface area (Å²) in [7, 11) is 1.71. The Hall–Kier alpha value is -1.64. The van der Waals surface area contributed by atoms with E-state index in [1.54, 1.807) is 25.4 Å². The van der Waals surface area contributed by atoms with E-state index in [4.69, 9.17) is 10.00 Å². The highest BCUT2D eigenvalue weighted by Crippen LogP contribution is 2.21. The van der Waals surface area contributed by atoms with Crippen LogP contribution in [0.25, 0.3) is 0 Å². The molecular weight excluding hydrogens is 228 g/mol. The van der Waals surface area contributed by atoms with Crippen molar-refractivity contribution >= 4 is 5.82 Å². The van der Waals surface area contributed by atoms with E-state index in [-0.39, 0.29) is 5.54 Å². The van der Waals surface area contributed by atoms with E-state index in [0.29, 0.717) is 24.5 Å². The largest absolute Gasteiger partial charge is 0.383 e. The fraction of sp³-hybridized carbons (Fsp3) is 0.538. The molecule has 1 atom stereocenters. The molecule has 2 heterocycles. The Bertz CT molecular complexity index is 435. The van der Waals surface area contributed by atoms with Gasteiger partial charge < -0.3 is 15.4 Å². The zero-order valence-electron chi connectivity index (χ0n) is 10.6. The van der Waals surface area contributed by atoms with Gasteiger partial charge in [0.05, 0.1) is 17.7 Å². The topological polar surface area (TPSA) is 70.0 Å². The lowest BCUT2D eigenvalue weighted by molar-refractivity contribution is 0.127. The molecule has 0 aromatic carbocycles. The third kappa shape index (κ3) is 2.78. The molecule has 2 rings (SSSR count). The predicted molar refractivity (Wildman–Crippen MR) is 69.3 cm³/mol. The highest BCUT2D eigenvalue weighted by atomic mass is 16.5. The Morgan fingerprint density at radius 1 is 1.67 bits per heavy atom. The second-order valence-corrected chi connectivity index (χ2v) is 4.61. The van der Waals surface area contributed by atoms with E-state index in [0.717, 1.165) is 19.4 Å². The van der Waals surface area contributed by atoms with Gasteiger partial charge in [0.25, 0.3) is 0 Å². The number of hydrogen-bond donors (Lipinski definition) is 2. The SMILES string of the molecule is COCC1(CNc2ncccc2C#N)CCCN1. The quantitative estimate of drug-likeness (QED) is 0.815. The van der Waals surface area contributed by atoms with Crippen LogP contribution in [-0.4, -0.2) is 37.3 Å². The number of rotatable bonds is 5. The van der Waals surface area contributed by atoms with E-state index < -0.39 is 0 Å². The molecule has 1 aromatic rings. The summed E-state index contributed by atoms with van der Waals surface area (Å²) in [5.74, 6) is 0.643. The van der Waals surface area contributed by atoms with Crippen LogP contribution in [0.1, 0.15) is 18.4 Å². The summed E-state index contributed by atoms with van der Waals surface area (Å²) in [4.78, 5) is 4.20. The molecule has 1 saturated heterocycles. The number of methoxy groups -OCH3 is 1. The molecule has 0 saturated carbocycles. The lowest BCUT2D eigenvalue weighted by Crippen LogP contribution is -2.49. The minimum atomic E-state index is -0.0427. The third-order valence-corrected chi connectivity index (χ3v) is 3.28. The van der Waals surface area contributed by atoms with Crippen molar-refractivity contribution in [2.75, 3.05) is 32.1 Å². The molecule has 96 valence electrons. The second kappa shape index (κ2) is 5.80. The van der Waals surface area contributed by atoms with Gasteiger partial charge in [-0.1, -0.05) is 0 Å². The Balaban J connectivity index is 2.03. The van der Waals surface area contributed by atoms with Gasteiger partial charge in [0.2, 0.25) is 0 Å². The number of hydrogen-bond acceptors (Lipinski definition) is 5. The molecule has 5 heteroatoms. The molecule has 2 N–H and O–H groups in total. The van der Waals surface area contributed by atoms with Gasteiger partial charge >= 0.3 is 0 Å². The van der Waals surface area contributed by atoms with Crippen molar-refractivity contribution in [1.82, 2.24) is 10.3 Å². The number of nitriles is 1. The number of anilines is 1. The van der Waals surface area contributed by atoms with Crippen LogP contribution < -0.4 is 10.6 Å². The summed E-state index contributed by atoms with van der Waals surface area (Å²) < 4.78 is 5.29. The summed E-state index contributed by atoms with van der Waals surface area (Å²) in [6, 6.07) is 5.67. The number of pyridine rings is 1. The first-order valence-electron chi connectivity index (χ1n) is 6.13. The summed E-state index contributed by atoms with van der Waals surface area (Å²) in [6.45, 7) is 2.39. The maximum absolute atomic E-state index is 9.01. The predicted octanol–water partition coefficient (Wildman–Crippen LogP) is 1.13. The first kappa shape index (κ1) is 12.8. The third-order valence-electron chi connectivity index (χ3n) is 3.28. The van der Waals surface area contributed by atoms with Crippen LogP contribution in [0, 0.1) is 11.3 Å². The van der Waals surface area contributed by atoms with Crippen LogP contribution in [0.15, 0.2) is 18.3 Å². The zero-order chi connectivity index (χ0) is 12.8. The minimum absolute atomic E-state index is 0.0427. The van der Waals surface area contributed by atoms with Gasteiger partial charge in [0.15, 0.2) is 0 Å². The van der Waals surface area contributed by atoms with Gasteiger partial charge in [0.1, 0.15) is 11.9 Å². The van der Waals surface area contributed by atoms with Crippen molar-refractivity contribution in [2.45, 2.75) is 18.4 Å². The van der Waals surface area contributed by atoms with E-state index >= 15 is 0 Å². The summed E-state index contributed by atoms with van der Waals surface area (Å²) in [6.07, 6.45) is 3.91. The molecule has 0 bridgehead atoms. The van der Waals surface area contributed by atoms with Gasteiger partial charge in [-0.25, -0.2) is 4.98 Å². The number of nitrogens with one attached hydrogen (secondary N) is 2. The van der Waals surface area contributed by atoms with Crippen LogP contribution in [0.3, 0.4) is 0 Å². The Morgan fingerprint density at radius 3 is 3.22 bits per heavy atom. The van der Waals surface area contributed by atoms with Gasteiger partial charge in [0, 0.05) is 19.9 Å². The molecule has 0 radical (unpaired) electrons. The smallest absolute Gasteiger partial charge is 0.143 e. The first-order valence-corrected chi connectivity index (χ1v) is 6.13. The average Bonchev–Trinajstić information content (AvgIpc) is 2.86. The van der Waals surface area contributed by atoms with Crippen LogP contribution in [0.5, 0.6) is 0 Å². The Labute approximate surface area is 107 Å². The highest BCUT2D eigenvalue weighted by Gasteiger charge is 2.33. The molecule has 1 unspecified atom stereocenters. The lowest BCUT2D eigenvalue weighted by Gasteiger charge is -2.29. The summed E-state index contributed by atoms with van der Waals surface area (Å²) in [5.41, 5.74) is 0.530. The maximum atomic E-state index is 9.01. The number of aromatic nitrogens is 1. The average molecular weight is 246 g/mol. The normalized spacial score (nSPS) is 22.7. The molecule has 18 heavy (non-hydrogen) atoms. The van der Waals surface area contributed by atoms with Gasteiger partial charge in [-0.05, 0) is 31.5 Å². The molecule has 5 nitrogen and oxygen atoms in total. The van der Waals surface area contributed by atoms with E-state index in [1.165, 1.54) is 0 Å². The molecule has 0 aliphatic carbocycles. The van der Waals surface area contributed by atoms with E-state index in [1.807, 2.05) is 0 Å². The van der Waals surface area contributed by atoms with Crippen molar-refractivity contribution in [3.63, 3.8) is 0 Å². The monoisotopic (exact) mass is 246 g/mol. The van der Waals surface area contributed by atoms with Crippen molar-refractivity contribution in [1.29, 1.82) is 5.26 Å². The molecular formula is C13H18N4O. The standard InChI is InChI=1S/C13H18N4O/c1-18-10-13(5-3-7-17-13)9-16-12-11(8-14)4-2-6-15-12/h2,4,6,17H,3,5,7,9-10H2,1H3,(H,15,16). The van der Waals surface area contributed by atoms with Crippen molar-refractivity contribution in [3.8, 4) is 6.07 Å². The zero-order valence-corrected chi connectivity index (χ0v) is 10.6. The number of ether oxygens (including phenoxy) is 1. The van der Waals surface area contributed by atoms with Gasteiger partial charge in [-0.2, -0.15) is 5.26 Å². The van der Waals surface area contributed by atoms with E-state index in [2.05, 4.69) is 21.7 Å². The molecule has 1 fully saturated rings. The van der Waals surface area contributed by atoms with Gasteiger partial charge in [-0.15, -0.1) is 0 Å². The van der Waals surface area contributed by atoms with Crippen molar-refractivity contribution < 1.29 is 4.74 Å². The Kier molecular flexibility index (Phi) is 4.13. The summed E-state index contributed by atoms with van der Waals surface area (Å²) >= 11 is 0. The highest BCUT2D eigenvalue weighted by molar-refractivity contribution is 5.51. The lowest BCUT2D eigenvalue weighted by atomic mass is 9.98. The van der Waals surface area contributed by atoms with Crippen LogP contribution in [0.4, 0.5) is 5.82 Å². The van der Waals surface area contributed by atoms with Crippen molar-refractivity contribution in [2.24, 2.45) is 0 Å². The fourth-order valence-electron chi connectivity index (χ4n) is 2.36. The van der Waals surface area contributed by atoms with Crippen LogP contribution in [-0.2, 0) is 4.74 Å². The maximum Gasteiger partial charge on any atom is 0.143 e. The van der Waals surface area contributed by atoms with Crippen LogP contribution >= 0.6 is 0 Å². The fourth-order valence-corrected chi connectivity index (χ4v) is 2.36. The molecule has 0 amide bonds. The molecule has 0 spiro atoms. The number of nitrogens with zero attached hydrogens (tertiary/aromatic N) is 2. The van der Waals surface area contributed by atoms with Crippen LogP contribution in [0.2, 0.25) is 0 Å². The first-order chi connectivity index (χ1) is 8.79. The minimum Gasteiger partial charge on any atom is -0.383 e. The molecule has 1 aliphatic heterocycles. The second-order valence-electron chi connectivity index (χ2n) is 4.61. The van der Waals surface area contributed by atoms with Gasteiger partial charge in [-0.3, -0.25) is 0 Å². The summed E-state index contributed by atoms with van der Waals surface area (Å²) in [5, 5.41) is 15.7. The van der Waals surface area contributed by atoms with E-state index in [9.17, 15) is 0 Å². The molecule has 1 aromatic heterocycles. The Morgan fingerprint density at radius 2 is 2.56 bits per heavy atom.